The fraction of sp³-hybridized carbons (Fsp3) is 1.00. The largest absolute Gasteiger partial charge is 0.373 e. The first-order valence-corrected chi connectivity index (χ1v) is 7.35. The van der Waals surface area contributed by atoms with Crippen molar-refractivity contribution >= 4 is 0 Å². The number of nitrogens with zero attached hydrogens (tertiary/aromatic N) is 1. The summed E-state index contributed by atoms with van der Waals surface area (Å²) in [6.45, 7) is 8.25. The normalized spacial score (nSPS) is 42.5. The van der Waals surface area contributed by atoms with Crippen LogP contribution >= 0.6 is 0 Å². The van der Waals surface area contributed by atoms with Gasteiger partial charge in [-0.15, -0.1) is 0 Å². The Morgan fingerprint density at radius 1 is 1.35 bits per heavy atom. The number of nitrogens with one attached hydrogen (secondary N) is 1. The highest BCUT2D eigenvalue weighted by Gasteiger charge is 2.44. The molecule has 3 aliphatic heterocycles. The Labute approximate surface area is 105 Å². The molecule has 3 rings (SSSR count). The number of rotatable bonds is 3. The zero-order chi connectivity index (χ0) is 11.8. The molecule has 3 aliphatic rings. The van der Waals surface area contributed by atoms with Crippen molar-refractivity contribution in [1.29, 1.82) is 0 Å². The lowest BCUT2D eigenvalue weighted by Gasteiger charge is -2.40. The number of piperazine rings is 1. The Bertz CT molecular complexity index is 269. The van der Waals surface area contributed by atoms with Gasteiger partial charge < -0.3 is 10.1 Å². The summed E-state index contributed by atoms with van der Waals surface area (Å²) in [7, 11) is 0. The van der Waals surface area contributed by atoms with E-state index in [1.807, 2.05) is 0 Å². The lowest BCUT2D eigenvalue weighted by Crippen LogP contribution is -2.56. The van der Waals surface area contributed by atoms with E-state index in [1.54, 1.807) is 0 Å². The Balaban J connectivity index is 1.56. The molecule has 98 valence electrons. The third kappa shape index (κ3) is 2.51. The summed E-state index contributed by atoms with van der Waals surface area (Å²) in [5.74, 6) is 0.795. The second-order valence-corrected chi connectivity index (χ2v) is 6.45. The predicted molar refractivity (Wildman–Crippen MR) is 69.1 cm³/mol. The van der Waals surface area contributed by atoms with Gasteiger partial charge in [0, 0.05) is 31.7 Å². The van der Waals surface area contributed by atoms with Crippen LogP contribution in [0.1, 0.15) is 39.5 Å². The molecule has 3 fully saturated rings. The molecule has 3 nitrogen and oxygen atoms in total. The Kier molecular flexibility index (Phi) is 3.42. The molecule has 2 bridgehead atoms. The van der Waals surface area contributed by atoms with E-state index in [0.29, 0.717) is 18.2 Å². The molecule has 17 heavy (non-hydrogen) atoms. The van der Waals surface area contributed by atoms with Crippen molar-refractivity contribution in [2.45, 2.75) is 63.8 Å². The molecule has 0 spiro atoms. The molecule has 3 saturated heterocycles. The van der Waals surface area contributed by atoms with Crippen molar-refractivity contribution in [2.75, 3.05) is 19.6 Å². The fourth-order valence-corrected chi connectivity index (χ4v) is 3.87. The zero-order valence-corrected chi connectivity index (χ0v) is 11.2. The van der Waals surface area contributed by atoms with Gasteiger partial charge in [0.2, 0.25) is 0 Å². The van der Waals surface area contributed by atoms with Crippen molar-refractivity contribution in [3.63, 3.8) is 0 Å². The van der Waals surface area contributed by atoms with Crippen LogP contribution in [0.3, 0.4) is 0 Å². The zero-order valence-electron chi connectivity index (χ0n) is 11.2. The average molecular weight is 238 g/mol. The number of ether oxygens (including phenoxy) is 1. The topological polar surface area (TPSA) is 24.5 Å². The maximum Gasteiger partial charge on any atom is 0.0735 e. The van der Waals surface area contributed by atoms with Crippen molar-refractivity contribution < 1.29 is 4.74 Å². The molecule has 4 unspecified atom stereocenters. The van der Waals surface area contributed by atoms with Gasteiger partial charge in [-0.2, -0.15) is 0 Å². The summed E-state index contributed by atoms with van der Waals surface area (Å²) in [5, 5.41) is 3.67. The van der Waals surface area contributed by atoms with Crippen LogP contribution in [-0.2, 0) is 4.74 Å². The van der Waals surface area contributed by atoms with Crippen molar-refractivity contribution in [1.82, 2.24) is 10.2 Å². The maximum atomic E-state index is 5.99. The molecule has 4 atom stereocenters. The highest BCUT2D eigenvalue weighted by atomic mass is 16.5. The van der Waals surface area contributed by atoms with Gasteiger partial charge in [0.15, 0.2) is 0 Å². The lowest BCUT2D eigenvalue weighted by atomic mass is 9.92. The van der Waals surface area contributed by atoms with E-state index in [4.69, 9.17) is 4.74 Å². The molecule has 3 heteroatoms. The minimum absolute atomic E-state index is 0.554. The number of fused-ring (bicyclic) bond motifs is 2. The molecular weight excluding hydrogens is 212 g/mol. The van der Waals surface area contributed by atoms with Crippen LogP contribution in [0.25, 0.3) is 0 Å². The summed E-state index contributed by atoms with van der Waals surface area (Å²) in [6, 6.07) is 1.42. The van der Waals surface area contributed by atoms with Crippen LogP contribution in [-0.4, -0.2) is 48.8 Å². The maximum absolute atomic E-state index is 5.99. The van der Waals surface area contributed by atoms with Crippen molar-refractivity contribution in [3.8, 4) is 0 Å². The standard InChI is InChI=1S/C14H26N2O/c1-10(2)7-11-9-16(6-5-15-11)13-8-12-3-4-14(13)17-12/h10-15H,3-9H2,1-2H3. The molecule has 1 N–H and O–H groups in total. The highest BCUT2D eigenvalue weighted by Crippen LogP contribution is 2.37. The second-order valence-electron chi connectivity index (χ2n) is 6.45. The van der Waals surface area contributed by atoms with Gasteiger partial charge in [-0.3, -0.25) is 4.90 Å². The van der Waals surface area contributed by atoms with Gasteiger partial charge in [-0.1, -0.05) is 13.8 Å². The van der Waals surface area contributed by atoms with Crippen molar-refractivity contribution in [3.05, 3.63) is 0 Å². The van der Waals surface area contributed by atoms with Gasteiger partial charge in [0.1, 0.15) is 0 Å². The summed E-state index contributed by atoms with van der Waals surface area (Å²) >= 11 is 0. The molecule has 0 aromatic rings. The van der Waals surface area contributed by atoms with Crippen LogP contribution in [0.2, 0.25) is 0 Å². The Morgan fingerprint density at radius 2 is 2.24 bits per heavy atom. The summed E-state index contributed by atoms with van der Waals surface area (Å²) in [6.07, 6.45) is 6.34. The Hall–Kier alpha value is -0.120. The molecule has 0 aromatic heterocycles. The Morgan fingerprint density at radius 3 is 2.88 bits per heavy atom. The minimum atomic E-state index is 0.554. The minimum Gasteiger partial charge on any atom is -0.373 e. The second kappa shape index (κ2) is 4.87. The van der Waals surface area contributed by atoms with Crippen LogP contribution in [0, 0.1) is 5.92 Å². The number of hydrogen-bond acceptors (Lipinski definition) is 3. The van der Waals surface area contributed by atoms with E-state index in [0.717, 1.165) is 18.5 Å². The molecule has 0 aromatic carbocycles. The monoisotopic (exact) mass is 238 g/mol. The van der Waals surface area contributed by atoms with Gasteiger partial charge in [0.05, 0.1) is 12.2 Å². The molecule has 0 aliphatic carbocycles. The molecule has 0 saturated carbocycles. The van der Waals surface area contributed by atoms with Gasteiger partial charge >= 0.3 is 0 Å². The molecular formula is C14H26N2O. The van der Waals surface area contributed by atoms with Gasteiger partial charge in [-0.05, 0) is 31.6 Å². The first-order valence-electron chi connectivity index (χ1n) is 7.35. The molecule has 0 radical (unpaired) electrons. The van der Waals surface area contributed by atoms with Gasteiger partial charge in [-0.25, -0.2) is 0 Å². The van der Waals surface area contributed by atoms with Crippen LogP contribution < -0.4 is 5.32 Å². The predicted octanol–water partition coefficient (Wildman–Crippen LogP) is 1.63. The average Bonchev–Trinajstić information content (AvgIpc) is 2.90. The van der Waals surface area contributed by atoms with E-state index in [1.165, 1.54) is 38.8 Å². The van der Waals surface area contributed by atoms with E-state index < -0.39 is 0 Å². The summed E-state index contributed by atoms with van der Waals surface area (Å²) in [5.41, 5.74) is 0. The van der Waals surface area contributed by atoms with Crippen LogP contribution in [0.4, 0.5) is 0 Å². The smallest absolute Gasteiger partial charge is 0.0735 e. The quantitative estimate of drug-likeness (QED) is 0.809. The fourth-order valence-electron chi connectivity index (χ4n) is 3.87. The van der Waals surface area contributed by atoms with Crippen molar-refractivity contribution in [2.24, 2.45) is 5.92 Å². The molecule has 3 heterocycles. The first kappa shape index (κ1) is 11.9. The summed E-state index contributed by atoms with van der Waals surface area (Å²) < 4.78 is 5.99. The van der Waals surface area contributed by atoms with E-state index in [2.05, 4.69) is 24.1 Å². The van der Waals surface area contributed by atoms with E-state index >= 15 is 0 Å². The lowest BCUT2D eigenvalue weighted by molar-refractivity contribution is 0.0566. The highest BCUT2D eigenvalue weighted by molar-refractivity contribution is 4.97. The number of hydrogen-bond donors (Lipinski definition) is 1. The SMILES string of the molecule is CC(C)CC1CN(C2CC3CCC2O3)CCN1. The molecule has 0 amide bonds. The third-order valence-corrected chi connectivity index (χ3v) is 4.59. The third-order valence-electron chi connectivity index (χ3n) is 4.59. The van der Waals surface area contributed by atoms with Crippen LogP contribution in [0.5, 0.6) is 0 Å². The van der Waals surface area contributed by atoms with E-state index in [-0.39, 0.29) is 0 Å². The summed E-state index contributed by atoms with van der Waals surface area (Å²) in [4.78, 5) is 2.70. The first-order chi connectivity index (χ1) is 8.22. The van der Waals surface area contributed by atoms with Crippen LogP contribution in [0.15, 0.2) is 0 Å². The van der Waals surface area contributed by atoms with Gasteiger partial charge in [0.25, 0.3) is 0 Å². The van der Waals surface area contributed by atoms with E-state index in [9.17, 15) is 0 Å².